The summed E-state index contributed by atoms with van der Waals surface area (Å²) in [6, 6.07) is 10.7. The summed E-state index contributed by atoms with van der Waals surface area (Å²) in [4.78, 5) is 28.1. The van der Waals surface area contributed by atoms with E-state index in [4.69, 9.17) is 4.74 Å². The second kappa shape index (κ2) is 11.5. The van der Waals surface area contributed by atoms with Crippen LogP contribution in [0.15, 0.2) is 48.8 Å². The summed E-state index contributed by atoms with van der Waals surface area (Å²) in [5.74, 6) is -0.344. The maximum Gasteiger partial charge on any atom is 0.255 e. The average molecular weight is 413 g/mol. The Morgan fingerprint density at radius 2 is 1.96 bits per heavy atom. The highest BCUT2D eigenvalue weighted by atomic mass is 35.5. The number of halogens is 2. The van der Waals surface area contributed by atoms with Crippen LogP contribution >= 0.6 is 24.8 Å². The normalized spacial score (nSPS) is 15.6. The lowest BCUT2D eigenvalue weighted by atomic mass is 10.1. The van der Waals surface area contributed by atoms with Gasteiger partial charge in [-0.05, 0) is 29.8 Å². The first-order valence-electron chi connectivity index (χ1n) is 8.13. The number of hydrogen-bond donors (Lipinski definition) is 3. The Bertz CT molecular complexity index is 740. The molecule has 1 aliphatic heterocycles. The Kier molecular flexibility index (Phi) is 9.74. The van der Waals surface area contributed by atoms with E-state index >= 15 is 0 Å². The number of benzene rings is 1. The van der Waals surface area contributed by atoms with E-state index in [0.29, 0.717) is 30.9 Å². The number of morpholine rings is 1. The number of nitrogens with zero attached hydrogens (tertiary/aromatic N) is 1. The predicted molar refractivity (Wildman–Crippen MR) is 108 cm³/mol. The topological polar surface area (TPSA) is 92.4 Å². The number of hydrogen-bond acceptors (Lipinski definition) is 5. The molecule has 1 aromatic carbocycles. The molecular formula is C18H22Cl2N4O3. The average Bonchev–Trinajstić information content (AvgIpc) is 2.68. The highest BCUT2D eigenvalue weighted by Gasteiger charge is 2.21. The van der Waals surface area contributed by atoms with E-state index in [1.54, 1.807) is 30.6 Å². The van der Waals surface area contributed by atoms with E-state index in [1.165, 1.54) is 0 Å². The Morgan fingerprint density at radius 1 is 1.19 bits per heavy atom. The number of amides is 2. The standard InChI is InChI=1S/C18H20N4O3.2ClH/c23-17(14-4-6-19-7-5-14)22-15-3-1-2-13(10-15)11-21-18(24)16-12-20-8-9-25-16;;/h1-7,10,16,20H,8-9,11-12H2,(H,21,24)(H,22,23);2*1H. The third-order valence-electron chi connectivity index (χ3n) is 3.81. The van der Waals surface area contributed by atoms with E-state index in [1.807, 2.05) is 18.2 Å². The zero-order valence-electron chi connectivity index (χ0n) is 14.5. The molecule has 9 heteroatoms. The quantitative estimate of drug-likeness (QED) is 0.695. The minimum absolute atomic E-state index is 0. The van der Waals surface area contributed by atoms with Gasteiger partial charge in [-0.15, -0.1) is 24.8 Å². The minimum Gasteiger partial charge on any atom is -0.366 e. The molecule has 0 saturated carbocycles. The molecule has 1 unspecified atom stereocenters. The lowest BCUT2D eigenvalue weighted by molar-refractivity contribution is -0.134. The smallest absolute Gasteiger partial charge is 0.255 e. The van der Waals surface area contributed by atoms with Gasteiger partial charge in [0.25, 0.3) is 11.8 Å². The van der Waals surface area contributed by atoms with Gasteiger partial charge in [0.1, 0.15) is 6.10 Å². The Morgan fingerprint density at radius 3 is 2.67 bits per heavy atom. The molecule has 2 amide bonds. The molecule has 27 heavy (non-hydrogen) atoms. The predicted octanol–water partition coefficient (Wildman–Crippen LogP) is 1.78. The van der Waals surface area contributed by atoms with Crippen molar-refractivity contribution in [2.45, 2.75) is 12.6 Å². The second-order valence-corrected chi connectivity index (χ2v) is 5.67. The highest BCUT2D eigenvalue weighted by Crippen LogP contribution is 2.12. The first kappa shape index (κ1) is 22.9. The van der Waals surface area contributed by atoms with Gasteiger partial charge in [0.05, 0.1) is 6.61 Å². The van der Waals surface area contributed by atoms with Crippen LogP contribution in [-0.2, 0) is 16.1 Å². The monoisotopic (exact) mass is 412 g/mol. The van der Waals surface area contributed by atoms with Crippen molar-refractivity contribution < 1.29 is 14.3 Å². The van der Waals surface area contributed by atoms with Crippen LogP contribution in [-0.4, -0.2) is 42.6 Å². The van der Waals surface area contributed by atoms with Gasteiger partial charge in [0, 0.05) is 43.3 Å². The van der Waals surface area contributed by atoms with E-state index in [0.717, 1.165) is 12.1 Å². The first-order chi connectivity index (χ1) is 12.2. The Hall–Kier alpha value is -2.19. The molecule has 1 atom stereocenters. The number of anilines is 1. The van der Waals surface area contributed by atoms with Crippen molar-refractivity contribution in [1.82, 2.24) is 15.6 Å². The zero-order valence-corrected chi connectivity index (χ0v) is 16.1. The summed E-state index contributed by atoms with van der Waals surface area (Å²) in [5, 5.41) is 8.81. The van der Waals surface area contributed by atoms with Crippen molar-refractivity contribution in [2.24, 2.45) is 0 Å². The summed E-state index contributed by atoms with van der Waals surface area (Å²) in [5.41, 5.74) is 2.10. The molecule has 0 bridgehead atoms. The number of carbonyl (C=O) groups excluding carboxylic acids is 2. The number of pyridine rings is 1. The fraction of sp³-hybridized carbons (Fsp3) is 0.278. The van der Waals surface area contributed by atoms with Crippen LogP contribution in [0.2, 0.25) is 0 Å². The SMILES string of the molecule is Cl.Cl.O=C(Nc1cccc(CNC(=O)C2CNCCO2)c1)c1ccncc1. The number of ether oxygens (including phenoxy) is 1. The van der Waals surface area contributed by atoms with E-state index in [-0.39, 0.29) is 36.6 Å². The lowest BCUT2D eigenvalue weighted by Crippen LogP contribution is -2.47. The molecule has 1 fully saturated rings. The van der Waals surface area contributed by atoms with Crippen molar-refractivity contribution in [2.75, 3.05) is 25.0 Å². The van der Waals surface area contributed by atoms with Crippen LogP contribution in [0.25, 0.3) is 0 Å². The van der Waals surface area contributed by atoms with Gasteiger partial charge >= 0.3 is 0 Å². The number of rotatable bonds is 5. The molecule has 3 N–H and O–H groups in total. The van der Waals surface area contributed by atoms with Gasteiger partial charge in [-0.2, -0.15) is 0 Å². The van der Waals surface area contributed by atoms with Crippen LogP contribution in [0.5, 0.6) is 0 Å². The highest BCUT2D eigenvalue weighted by molar-refractivity contribution is 6.04. The van der Waals surface area contributed by atoms with Crippen molar-refractivity contribution in [3.63, 3.8) is 0 Å². The number of aromatic nitrogens is 1. The molecule has 1 saturated heterocycles. The van der Waals surface area contributed by atoms with Crippen molar-refractivity contribution in [1.29, 1.82) is 0 Å². The summed E-state index contributed by atoms with van der Waals surface area (Å²) in [6.07, 6.45) is 2.69. The van der Waals surface area contributed by atoms with E-state index < -0.39 is 6.10 Å². The first-order valence-corrected chi connectivity index (χ1v) is 8.13. The third-order valence-corrected chi connectivity index (χ3v) is 3.81. The van der Waals surface area contributed by atoms with Gasteiger partial charge in [-0.25, -0.2) is 0 Å². The molecule has 2 aromatic rings. The molecule has 3 rings (SSSR count). The summed E-state index contributed by atoms with van der Waals surface area (Å²) in [7, 11) is 0. The van der Waals surface area contributed by atoms with E-state index in [2.05, 4.69) is 20.9 Å². The summed E-state index contributed by atoms with van der Waals surface area (Å²) < 4.78 is 5.42. The summed E-state index contributed by atoms with van der Waals surface area (Å²) >= 11 is 0. The van der Waals surface area contributed by atoms with Crippen LogP contribution in [0.1, 0.15) is 15.9 Å². The van der Waals surface area contributed by atoms with Gasteiger partial charge in [0.15, 0.2) is 0 Å². The maximum absolute atomic E-state index is 12.2. The molecule has 2 heterocycles. The number of nitrogens with one attached hydrogen (secondary N) is 3. The summed E-state index contributed by atoms with van der Waals surface area (Å²) in [6.45, 7) is 2.20. The molecule has 1 aromatic heterocycles. The third kappa shape index (κ3) is 6.80. The van der Waals surface area contributed by atoms with Gasteiger partial charge in [-0.3, -0.25) is 14.6 Å². The van der Waals surface area contributed by atoms with Crippen LogP contribution in [0.3, 0.4) is 0 Å². The van der Waals surface area contributed by atoms with Crippen LogP contribution in [0, 0.1) is 0 Å². The van der Waals surface area contributed by atoms with Gasteiger partial charge in [0.2, 0.25) is 0 Å². The molecule has 7 nitrogen and oxygen atoms in total. The maximum atomic E-state index is 12.2. The zero-order chi connectivity index (χ0) is 17.5. The second-order valence-electron chi connectivity index (χ2n) is 5.67. The van der Waals surface area contributed by atoms with Crippen molar-refractivity contribution in [3.05, 3.63) is 59.9 Å². The van der Waals surface area contributed by atoms with Crippen LogP contribution in [0.4, 0.5) is 5.69 Å². The van der Waals surface area contributed by atoms with Crippen molar-refractivity contribution >= 4 is 42.3 Å². The molecule has 0 spiro atoms. The number of carbonyl (C=O) groups is 2. The van der Waals surface area contributed by atoms with Gasteiger partial charge < -0.3 is 20.7 Å². The largest absolute Gasteiger partial charge is 0.366 e. The lowest BCUT2D eigenvalue weighted by Gasteiger charge is -2.22. The molecule has 1 aliphatic rings. The minimum atomic E-state index is -0.455. The molecule has 146 valence electrons. The van der Waals surface area contributed by atoms with E-state index in [9.17, 15) is 9.59 Å². The molecular weight excluding hydrogens is 391 g/mol. The molecule has 0 aliphatic carbocycles. The van der Waals surface area contributed by atoms with Crippen LogP contribution < -0.4 is 16.0 Å². The fourth-order valence-corrected chi connectivity index (χ4v) is 2.50. The van der Waals surface area contributed by atoms with Gasteiger partial charge in [-0.1, -0.05) is 12.1 Å². The molecule has 0 radical (unpaired) electrons. The Balaban J connectivity index is 0.00000182. The Labute approximate surface area is 170 Å². The van der Waals surface area contributed by atoms with Crippen molar-refractivity contribution in [3.8, 4) is 0 Å². The fourth-order valence-electron chi connectivity index (χ4n) is 2.50.